The summed E-state index contributed by atoms with van der Waals surface area (Å²) in [6.45, 7) is 1.68. The average molecular weight is 212 g/mol. The van der Waals surface area contributed by atoms with Crippen LogP contribution in [0.2, 0.25) is 0 Å². The van der Waals surface area contributed by atoms with Gasteiger partial charge in [-0.25, -0.2) is 4.39 Å². The second-order valence-electron chi connectivity index (χ2n) is 3.25. The van der Waals surface area contributed by atoms with Crippen molar-refractivity contribution in [3.8, 4) is 5.75 Å². The quantitative estimate of drug-likeness (QED) is 0.754. The molecule has 0 saturated carbocycles. The molecule has 0 bridgehead atoms. The highest BCUT2D eigenvalue weighted by atomic mass is 19.1. The number of ether oxygens (including phenoxy) is 1. The zero-order valence-corrected chi connectivity index (χ0v) is 8.37. The Balaban J connectivity index is 2.65. The van der Waals surface area contributed by atoms with Crippen LogP contribution in [0, 0.1) is 12.7 Å². The van der Waals surface area contributed by atoms with Gasteiger partial charge in [0.1, 0.15) is 12.6 Å². The monoisotopic (exact) mass is 212 g/mol. The Hall–Kier alpha value is -1.62. The molecule has 0 radical (unpaired) electrons. The van der Waals surface area contributed by atoms with Crippen LogP contribution in [0.25, 0.3) is 0 Å². The molecule has 1 unspecified atom stereocenters. The van der Waals surface area contributed by atoms with E-state index in [-0.39, 0.29) is 12.4 Å². The summed E-state index contributed by atoms with van der Waals surface area (Å²) in [6, 6.07) is 3.52. The van der Waals surface area contributed by atoms with Crippen LogP contribution in [0.5, 0.6) is 5.75 Å². The molecule has 0 saturated heterocycles. The molecule has 0 aromatic heterocycles. The lowest BCUT2D eigenvalue weighted by molar-refractivity contribution is -0.119. The van der Waals surface area contributed by atoms with Gasteiger partial charge in [-0.3, -0.25) is 4.79 Å². The second kappa shape index (κ2) is 4.75. The van der Waals surface area contributed by atoms with E-state index < -0.39 is 17.8 Å². The van der Waals surface area contributed by atoms with Gasteiger partial charge in [0, 0.05) is 0 Å². The van der Waals surface area contributed by atoms with Crippen molar-refractivity contribution in [3.63, 3.8) is 0 Å². The Bertz CT molecular complexity index is 368. The van der Waals surface area contributed by atoms with E-state index in [0.717, 1.165) is 5.56 Å². The van der Waals surface area contributed by atoms with Gasteiger partial charge in [0.2, 0.25) is 5.91 Å². The van der Waals surface area contributed by atoms with Gasteiger partial charge in [-0.15, -0.1) is 0 Å². The molecule has 1 aromatic rings. The number of nitrogens with two attached hydrogens (primary N) is 2. The highest BCUT2D eigenvalue weighted by Gasteiger charge is 2.11. The summed E-state index contributed by atoms with van der Waals surface area (Å²) in [5, 5.41) is 0. The first-order valence-corrected chi connectivity index (χ1v) is 4.44. The molecule has 4 N–H and O–H groups in total. The van der Waals surface area contributed by atoms with Crippen molar-refractivity contribution in [3.05, 3.63) is 29.6 Å². The Morgan fingerprint density at radius 3 is 2.87 bits per heavy atom. The standard InChI is InChI=1S/C10H13FN2O2/c1-6-2-3-7(11)9(4-6)15-5-8(12)10(13)14/h2-4,8H,5,12H2,1H3,(H2,13,14). The molecular formula is C10H13FN2O2. The molecule has 82 valence electrons. The third-order valence-electron chi connectivity index (χ3n) is 1.87. The fraction of sp³-hybridized carbons (Fsp3) is 0.300. The van der Waals surface area contributed by atoms with E-state index in [1.807, 2.05) is 0 Å². The van der Waals surface area contributed by atoms with Crippen molar-refractivity contribution in [2.45, 2.75) is 13.0 Å². The minimum absolute atomic E-state index is 0.0756. The molecule has 15 heavy (non-hydrogen) atoms. The SMILES string of the molecule is Cc1ccc(F)c(OCC(N)C(N)=O)c1. The minimum Gasteiger partial charge on any atom is -0.488 e. The predicted octanol–water partition coefficient (Wildman–Crippen LogP) is 0.326. The van der Waals surface area contributed by atoms with E-state index in [1.165, 1.54) is 12.1 Å². The van der Waals surface area contributed by atoms with Crippen LogP contribution in [-0.2, 0) is 4.79 Å². The number of rotatable bonds is 4. The third kappa shape index (κ3) is 3.21. The summed E-state index contributed by atoms with van der Waals surface area (Å²) < 4.78 is 18.2. The first-order chi connectivity index (χ1) is 7.00. The molecular weight excluding hydrogens is 199 g/mol. The topological polar surface area (TPSA) is 78.3 Å². The fourth-order valence-corrected chi connectivity index (χ4v) is 0.983. The number of benzene rings is 1. The number of primary amides is 1. The first-order valence-electron chi connectivity index (χ1n) is 4.44. The predicted molar refractivity (Wildman–Crippen MR) is 53.8 cm³/mol. The number of halogens is 1. The lowest BCUT2D eigenvalue weighted by Crippen LogP contribution is -2.41. The van der Waals surface area contributed by atoms with Gasteiger partial charge in [0.25, 0.3) is 0 Å². The first kappa shape index (κ1) is 11.5. The molecule has 1 amide bonds. The van der Waals surface area contributed by atoms with Crippen LogP contribution in [0.4, 0.5) is 4.39 Å². The molecule has 0 aliphatic rings. The number of carbonyl (C=O) groups excluding carboxylic acids is 1. The van der Waals surface area contributed by atoms with Crippen LogP contribution < -0.4 is 16.2 Å². The summed E-state index contributed by atoms with van der Waals surface area (Å²) in [5.74, 6) is -1.09. The molecule has 0 heterocycles. The Kier molecular flexibility index (Phi) is 3.62. The van der Waals surface area contributed by atoms with E-state index in [0.29, 0.717) is 0 Å². The second-order valence-corrected chi connectivity index (χ2v) is 3.25. The molecule has 0 fully saturated rings. The molecule has 0 spiro atoms. The van der Waals surface area contributed by atoms with Gasteiger partial charge in [-0.2, -0.15) is 0 Å². The lowest BCUT2D eigenvalue weighted by Gasteiger charge is -2.10. The fourth-order valence-electron chi connectivity index (χ4n) is 0.983. The maximum atomic E-state index is 13.1. The molecule has 1 atom stereocenters. The Morgan fingerprint density at radius 1 is 1.60 bits per heavy atom. The van der Waals surface area contributed by atoms with Gasteiger partial charge in [0.05, 0.1) is 0 Å². The maximum absolute atomic E-state index is 13.1. The van der Waals surface area contributed by atoms with Crippen molar-refractivity contribution >= 4 is 5.91 Å². The number of aryl methyl sites for hydroxylation is 1. The van der Waals surface area contributed by atoms with Gasteiger partial charge >= 0.3 is 0 Å². The van der Waals surface area contributed by atoms with Crippen molar-refractivity contribution in [1.82, 2.24) is 0 Å². The molecule has 0 aliphatic heterocycles. The maximum Gasteiger partial charge on any atom is 0.237 e. The van der Waals surface area contributed by atoms with Gasteiger partial charge in [-0.05, 0) is 24.6 Å². The number of amides is 1. The van der Waals surface area contributed by atoms with E-state index >= 15 is 0 Å². The summed E-state index contributed by atoms with van der Waals surface area (Å²) in [4.78, 5) is 10.6. The Morgan fingerprint density at radius 2 is 2.27 bits per heavy atom. The van der Waals surface area contributed by atoms with E-state index in [1.54, 1.807) is 13.0 Å². The van der Waals surface area contributed by atoms with Crippen LogP contribution in [-0.4, -0.2) is 18.6 Å². The van der Waals surface area contributed by atoms with Crippen molar-refractivity contribution < 1.29 is 13.9 Å². The van der Waals surface area contributed by atoms with Crippen molar-refractivity contribution in [2.24, 2.45) is 11.5 Å². The highest BCUT2D eigenvalue weighted by molar-refractivity contribution is 5.79. The number of carbonyl (C=O) groups is 1. The average Bonchev–Trinajstić information content (AvgIpc) is 2.18. The zero-order valence-electron chi connectivity index (χ0n) is 8.37. The minimum atomic E-state index is -0.926. The normalized spacial score (nSPS) is 12.2. The lowest BCUT2D eigenvalue weighted by atomic mass is 10.2. The molecule has 5 heteroatoms. The third-order valence-corrected chi connectivity index (χ3v) is 1.87. The van der Waals surface area contributed by atoms with Crippen molar-refractivity contribution in [1.29, 1.82) is 0 Å². The van der Waals surface area contributed by atoms with Gasteiger partial charge < -0.3 is 16.2 Å². The molecule has 4 nitrogen and oxygen atoms in total. The number of hydrogen-bond acceptors (Lipinski definition) is 3. The molecule has 0 aliphatic carbocycles. The summed E-state index contributed by atoms with van der Waals surface area (Å²) in [6.07, 6.45) is 0. The Labute approximate surface area is 87.0 Å². The van der Waals surface area contributed by atoms with E-state index in [2.05, 4.69) is 0 Å². The van der Waals surface area contributed by atoms with Crippen LogP contribution in [0.3, 0.4) is 0 Å². The van der Waals surface area contributed by atoms with Crippen LogP contribution in [0.1, 0.15) is 5.56 Å². The van der Waals surface area contributed by atoms with Crippen molar-refractivity contribution in [2.75, 3.05) is 6.61 Å². The molecule has 1 rings (SSSR count). The summed E-state index contributed by atoms with van der Waals surface area (Å²) >= 11 is 0. The summed E-state index contributed by atoms with van der Waals surface area (Å²) in [7, 11) is 0. The van der Waals surface area contributed by atoms with Gasteiger partial charge in [-0.1, -0.05) is 6.07 Å². The van der Waals surface area contributed by atoms with Crippen LogP contribution >= 0.6 is 0 Å². The van der Waals surface area contributed by atoms with E-state index in [4.69, 9.17) is 16.2 Å². The van der Waals surface area contributed by atoms with Crippen LogP contribution in [0.15, 0.2) is 18.2 Å². The van der Waals surface area contributed by atoms with Gasteiger partial charge in [0.15, 0.2) is 11.6 Å². The largest absolute Gasteiger partial charge is 0.488 e. The smallest absolute Gasteiger partial charge is 0.237 e. The molecule has 1 aromatic carbocycles. The zero-order chi connectivity index (χ0) is 11.4. The van der Waals surface area contributed by atoms with E-state index in [9.17, 15) is 9.18 Å². The number of hydrogen-bond donors (Lipinski definition) is 2. The summed E-state index contributed by atoms with van der Waals surface area (Å²) in [5.41, 5.74) is 11.1. The highest BCUT2D eigenvalue weighted by Crippen LogP contribution is 2.18.